The maximum Gasteiger partial charge on any atom is 0.307 e. The number of thiocarbonyl (C=S) groups is 1. The van der Waals surface area contributed by atoms with Crippen LogP contribution >= 0.6 is 12.2 Å². The molecule has 0 aliphatic carbocycles. The highest BCUT2D eigenvalue weighted by molar-refractivity contribution is 7.80. The fourth-order valence-corrected chi connectivity index (χ4v) is 2.86. The number of carbonyl (C=O) groups is 1. The molecule has 0 heterocycles. The zero-order chi connectivity index (χ0) is 19.3. The zero-order valence-electron chi connectivity index (χ0n) is 14.9. The number of para-hydroxylation sites is 2. The molecular weight excluding hydrogens is 353 g/mol. The lowest BCUT2D eigenvalue weighted by Crippen LogP contribution is -2.34. The van der Waals surface area contributed by atoms with Crippen molar-refractivity contribution >= 4 is 34.7 Å². The summed E-state index contributed by atoms with van der Waals surface area (Å²) in [6.07, 6.45) is 0.0487. The summed E-state index contributed by atoms with van der Waals surface area (Å²) >= 11 is 5.35. The van der Waals surface area contributed by atoms with E-state index in [-0.39, 0.29) is 12.2 Å². The second-order valence-electron chi connectivity index (χ2n) is 5.99. The molecule has 138 valence electrons. The van der Waals surface area contributed by atoms with E-state index in [9.17, 15) is 9.18 Å². The third-order valence-corrected chi connectivity index (χ3v) is 4.19. The van der Waals surface area contributed by atoms with Crippen molar-refractivity contribution in [2.45, 2.75) is 26.3 Å². The quantitative estimate of drug-likeness (QED) is 0.421. The first kappa shape index (κ1) is 19.7. The van der Waals surface area contributed by atoms with Gasteiger partial charge in [0.15, 0.2) is 5.11 Å². The molecule has 7 heteroatoms. The Bertz CT molecular complexity index is 803. The molecule has 0 bridgehead atoms. The number of anilines is 2. The molecule has 0 aromatic heterocycles. The Morgan fingerprint density at radius 3 is 2.46 bits per heavy atom. The lowest BCUT2D eigenvalue weighted by molar-refractivity contribution is -0.141. The zero-order valence-corrected chi connectivity index (χ0v) is 15.7. The molecule has 26 heavy (non-hydrogen) atoms. The largest absolute Gasteiger partial charge is 0.469 e. The number of hydrogen-bond acceptors (Lipinski definition) is 4. The first-order valence-electron chi connectivity index (χ1n) is 8.07. The van der Waals surface area contributed by atoms with Crippen LogP contribution in [0, 0.1) is 19.7 Å². The monoisotopic (exact) mass is 375 g/mol. The van der Waals surface area contributed by atoms with Crippen molar-refractivity contribution < 1.29 is 13.9 Å². The minimum Gasteiger partial charge on any atom is -0.469 e. The molecule has 1 atom stereocenters. The smallest absolute Gasteiger partial charge is 0.307 e. The molecule has 5 nitrogen and oxygen atoms in total. The van der Waals surface area contributed by atoms with Crippen LogP contribution in [-0.2, 0) is 9.53 Å². The van der Waals surface area contributed by atoms with Gasteiger partial charge in [-0.05, 0) is 54.9 Å². The van der Waals surface area contributed by atoms with Gasteiger partial charge < -0.3 is 21.1 Å². The maximum absolute atomic E-state index is 13.9. The molecule has 2 aromatic carbocycles. The second kappa shape index (κ2) is 8.62. The number of nitrogen functional groups attached to an aromatic ring is 1. The molecule has 0 saturated carbocycles. The number of esters is 1. The van der Waals surface area contributed by atoms with E-state index in [4.69, 9.17) is 22.7 Å². The molecule has 0 spiro atoms. The van der Waals surface area contributed by atoms with Crippen LogP contribution in [0.5, 0.6) is 0 Å². The number of ether oxygens (including phenoxy) is 1. The Morgan fingerprint density at radius 1 is 1.27 bits per heavy atom. The number of rotatable bonds is 5. The van der Waals surface area contributed by atoms with Crippen LogP contribution in [0.4, 0.5) is 15.8 Å². The topological polar surface area (TPSA) is 76.4 Å². The predicted molar refractivity (Wildman–Crippen MR) is 105 cm³/mol. The number of halogens is 1. The van der Waals surface area contributed by atoms with Gasteiger partial charge in [-0.15, -0.1) is 0 Å². The van der Waals surface area contributed by atoms with Crippen LogP contribution in [0.15, 0.2) is 36.4 Å². The van der Waals surface area contributed by atoms with E-state index in [2.05, 4.69) is 10.6 Å². The van der Waals surface area contributed by atoms with E-state index < -0.39 is 12.0 Å². The highest BCUT2D eigenvalue weighted by atomic mass is 32.1. The number of carbonyl (C=O) groups excluding carboxylic acids is 1. The minimum absolute atomic E-state index is 0.0487. The SMILES string of the molecule is COC(=O)CC(NC(=S)Nc1ccccc1N)c1cc(C)c(F)c(C)c1. The summed E-state index contributed by atoms with van der Waals surface area (Å²) in [7, 11) is 1.32. The van der Waals surface area contributed by atoms with Gasteiger partial charge in [-0.25, -0.2) is 4.39 Å². The third kappa shape index (κ3) is 4.92. The highest BCUT2D eigenvalue weighted by Crippen LogP contribution is 2.24. The summed E-state index contributed by atoms with van der Waals surface area (Å²) in [6.45, 7) is 3.37. The van der Waals surface area contributed by atoms with Gasteiger partial charge in [-0.3, -0.25) is 4.79 Å². The van der Waals surface area contributed by atoms with Crippen LogP contribution in [0.25, 0.3) is 0 Å². The lowest BCUT2D eigenvalue weighted by Gasteiger charge is -2.22. The highest BCUT2D eigenvalue weighted by Gasteiger charge is 2.20. The number of hydrogen-bond donors (Lipinski definition) is 3. The van der Waals surface area contributed by atoms with E-state index in [1.807, 2.05) is 12.1 Å². The van der Waals surface area contributed by atoms with Crippen LogP contribution in [0.2, 0.25) is 0 Å². The van der Waals surface area contributed by atoms with Gasteiger partial charge in [0.1, 0.15) is 5.82 Å². The molecule has 0 aliphatic heterocycles. The third-order valence-electron chi connectivity index (χ3n) is 3.97. The van der Waals surface area contributed by atoms with Crippen molar-refractivity contribution in [1.82, 2.24) is 5.32 Å². The summed E-state index contributed by atoms with van der Waals surface area (Å²) in [4.78, 5) is 11.8. The first-order chi connectivity index (χ1) is 12.3. The van der Waals surface area contributed by atoms with Crippen molar-refractivity contribution in [3.05, 3.63) is 58.9 Å². The van der Waals surface area contributed by atoms with Gasteiger partial charge >= 0.3 is 5.97 Å². The first-order valence-corrected chi connectivity index (χ1v) is 8.48. The van der Waals surface area contributed by atoms with Gasteiger partial charge in [0.05, 0.1) is 30.9 Å². The Kier molecular flexibility index (Phi) is 6.52. The average molecular weight is 375 g/mol. The number of benzene rings is 2. The fraction of sp³-hybridized carbons (Fsp3) is 0.263. The molecule has 0 saturated heterocycles. The van der Waals surface area contributed by atoms with Crippen molar-refractivity contribution in [3.8, 4) is 0 Å². The van der Waals surface area contributed by atoms with E-state index in [1.54, 1.807) is 38.1 Å². The van der Waals surface area contributed by atoms with Crippen molar-refractivity contribution in [3.63, 3.8) is 0 Å². The Balaban J connectivity index is 2.23. The maximum atomic E-state index is 13.9. The molecule has 0 amide bonds. The Labute approximate surface area is 157 Å². The number of methoxy groups -OCH3 is 1. The summed E-state index contributed by atoms with van der Waals surface area (Å²) in [5.41, 5.74) is 8.87. The molecule has 0 radical (unpaired) electrons. The van der Waals surface area contributed by atoms with Gasteiger partial charge in [0.2, 0.25) is 0 Å². The van der Waals surface area contributed by atoms with E-state index in [1.165, 1.54) is 7.11 Å². The summed E-state index contributed by atoms with van der Waals surface area (Å²) in [5.74, 6) is -0.660. The van der Waals surface area contributed by atoms with E-state index >= 15 is 0 Å². The molecular formula is C19H22FN3O2S. The molecule has 4 N–H and O–H groups in total. The van der Waals surface area contributed by atoms with Gasteiger partial charge in [0, 0.05) is 0 Å². The molecule has 2 rings (SSSR count). The van der Waals surface area contributed by atoms with Crippen LogP contribution in [-0.4, -0.2) is 18.2 Å². The van der Waals surface area contributed by atoms with E-state index in [0.717, 1.165) is 5.56 Å². The minimum atomic E-state index is -0.467. The fourth-order valence-electron chi connectivity index (χ4n) is 2.61. The predicted octanol–water partition coefficient (Wildman–Crippen LogP) is 3.62. The van der Waals surface area contributed by atoms with Gasteiger partial charge in [0.25, 0.3) is 0 Å². The summed E-state index contributed by atoms with van der Waals surface area (Å²) < 4.78 is 18.7. The van der Waals surface area contributed by atoms with Gasteiger partial charge in [-0.2, -0.15) is 0 Å². The van der Waals surface area contributed by atoms with Crippen LogP contribution < -0.4 is 16.4 Å². The molecule has 1 unspecified atom stereocenters. The Morgan fingerprint density at radius 2 is 1.88 bits per heavy atom. The van der Waals surface area contributed by atoms with Crippen molar-refractivity contribution in [1.29, 1.82) is 0 Å². The number of aryl methyl sites for hydroxylation is 2. The summed E-state index contributed by atoms with van der Waals surface area (Å²) in [5, 5.41) is 6.40. The standard InChI is InChI=1S/C19H22FN3O2S/c1-11-8-13(9-12(2)18(11)20)16(10-17(24)25-3)23-19(26)22-15-7-5-4-6-14(15)21/h4-9,16H,10,21H2,1-3H3,(H2,22,23,26). The van der Waals surface area contributed by atoms with Gasteiger partial charge in [-0.1, -0.05) is 24.3 Å². The second-order valence-corrected chi connectivity index (χ2v) is 6.40. The lowest BCUT2D eigenvalue weighted by atomic mass is 9.98. The van der Waals surface area contributed by atoms with Crippen molar-refractivity contribution in [2.24, 2.45) is 0 Å². The molecule has 0 aliphatic rings. The average Bonchev–Trinajstić information content (AvgIpc) is 2.60. The summed E-state index contributed by atoms with van der Waals surface area (Å²) in [6, 6.07) is 10.1. The number of nitrogens with two attached hydrogens (primary N) is 1. The number of nitrogens with one attached hydrogen (secondary N) is 2. The normalized spacial score (nSPS) is 11.5. The molecule has 2 aromatic rings. The van der Waals surface area contributed by atoms with E-state index in [0.29, 0.717) is 27.6 Å². The van der Waals surface area contributed by atoms with Crippen LogP contribution in [0.1, 0.15) is 29.2 Å². The molecule has 0 fully saturated rings. The Hall–Kier alpha value is -2.67. The van der Waals surface area contributed by atoms with Crippen LogP contribution in [0.3, 0.4) is 0 Å². The van der Waals surface area contributed by atoms with Crippen molar-refractivity contribution in [2.75, 3.05) is 18.2 Å².